The summed E-state index contributed by atoms with van der Waals surface area (Å²) in [6.45, 7) is 0. The van der Waals surface area contributed by atoms with E-state index in [-0.39, 0.29) is 17.2 Å². The van der Waals surface area contributed by atoms with E-state index in [0.29, 0.717) is 27.9 Å². The Labute approximate surface area is 245 Å². The molecule has 1 atom stereocenters. The number of carbonyl (C=O) groups excluding carboxylic acids is 1. The summed E-state index contributed by atoms with van der Waals surface area (Å²) in [5.74, 6) is -3.46. The molecule has 3 rings (SSSR count). The lowest BCUT2D eigenvalue weighted by molar-refractivity contribution is -0.192. The predicted molar refractivity (Wildman–Crippen MR) is 153 cm³/mol. The van der Waals surface area contributed by atoms with Crippen LogP contribution in [-0.4, -0.2) is 69.5 Å². The van der Waals surface area contributed by atoms with Gasteiger partial charge in [0.1, 0.15) is 11.9 Å². The number of hydrogen-bond donors (Lipinski definition) is 5. The van der Waals surface area contributed by atoms with E-state index < -0.39 is 44.1 Å². The standard InChI is InChI=1S/C24H27N5O5S2.C2HF3O2/c1-29(35(2,31)32)21(15-16-6-5-7-18(14-16)23(25)26)24(30)28-19-12-10-17(11-13-19)20-8-3-4-9-22(20)36(27,33)34;3-2(4,5)1(6)7/h3-14,21H,15H2,1-2H3,(H3,25,26)(H,28,30)(H2,27,33,34);(H,6,7)/t21-;/m0./s1. The van der Waals surface area contributed by atoms with Gasteiger partial charge in [-0.2, -0.15) is 17.5 Å². The van der Waals surface area contributed by atoms with Gasteiger partial charge in [0, 0.05) is 23.9 Å². The van der Waals surface area contributed by atoms with E-state index in [1.807, 2.05) is 0 Å². The lowest BCUT2D eigenvalue weighted by Gasteiger charge is -2.25. The van der Waals surface area contributed by atoms with Crippen LogP contribution in [0.5, 0.6) is 0 Å². The van der Waals surface area contributed by atoms with Crippen LogP contribution in [0.2, 0.25) is 0 Å². The van der Waals surface area contributed by atoms with Crippen molar-refractivity contribution in [3.63, 3.8) is 0 Å². The second kappa shape index (κ2) is 13.8. The number of hydrogen-bond acceptors (Lipinski definition) is 7. The van der Waals surface area contributed by atoms with Crippen LogP contribution in [0.25, 0.3) is 11.1 Å². The van der Waals surface area contributed by atoms with Crippen LogP contribution in [0.15, 0.2) is 77.7 Å². The maximum absolute atomic E-state index is 13.2. The number of rotatable bonds is 9. The van der Waals surface area contributed by atoms with Crippen LogP contribution in [-0.2, 0) is 36.1 Å². The Balaban J connectivity index is 0.000000821. The Bertz CT molecular complexity index is 1710. The molecule has 0 unspecified atom stereocenters. The number of anilines is 1. The number of nitrogens with zero attached hydrogens (tertiary/aromatic N) is 1. The van der Waals surface area contributed by atoms with Gasteiger partial charge in [0.25, 0.3) is 0 Å². The number of primary sulfonamides is 1. The number of aliphatic carboxylic acids is 1. The molecule has 232 valence electrons. The fourth-order valence-electron chi connectivity index (χ4n) is 3.62. The number of nitrogens with one attached hydrogen (secondary N) is 2. The molecular formula is C26H28F3N5O7S2. The van der Waals surface area contributed by atoms with Gasteiger partial charge in [0.15, 0.2) is 0 Å². The summed E-state index contributed by atoms with van der Waals surface area (Å²) < 4.78 is 81.0. The number of carbonyl (C=O) groups is 2. The summed E-state index contributed by atoms with van der Waals surface area (Å²) in [6, 6.07) is 18.3. The molecule has 0 aliphatic carbocycles. The zero-order chi connectivity index (χ0) is 32.8. The van der Waals surface area contributed by atoms with Crippen molar-refractivity contribution in [3.05, 3.63) is 83.9 Å². The number of nitrogens with two attached hydrogens (primary N) is 2. The lowest BCUT2D eigenvalue weighted by atomic mass is 10.0. The number of carboxylic acids is 1. The molecule has 1 amide bonds. The van der Waals surface area contributed by atoms with Crippen molar-refractivity contribution in [2.45, 2.75) is 23.5 Å². The highest BCUT2D eigenvalue weighted by molar-refractivity contribution is 7.89. The summed E-state index contributed by atoms with van der Waals surface area (Å²) in [5, 5.41) is 22.8. The smallest absolute Gasteiger partial charge is 0.475 e. The second-order valence-electron chi connectivity index (χ2n) is 9.02. The highest BCUT2D eigenvalue weighted by atomic mass is 32.2. The molecule has 0 bridgehead atoms. The number of amidine groups is 1. The highest BCUT2D eigenvalue weighted by Gasteiger charge is 2.38. The molecule has 0 heterocycles. The zero-order valence-corrected chi connectivity index (χ0v) is 24.3. The van der Waals surface area contributed by atoms with Gasteiger partial charge >= 0.3 is 12.1 Å². The number of likely N-dealkylation sites (N-methyl/N-ethyl adjacent to an activating group) is 1. The molecule has 17 heteroatoms. The van der Waals surface area contributed by atoms with Gasteiger partial charge in [-0.3, -0.25) is 10.2 Å². The maximum Gasteiger partial charge on any atom is 0.490 e. The van der Waals surface area contributed by atoms with Crippen LogP contribution in [0.3, 0.4) is 0 Å². The molecule has 0 aliphatic rings. The quantitative estimate of drug-likeness (QED) is 0.172. The number of halogens is 3. The number of benzene rings is 3. The molecule has 0 aliphatic heterocycles. The molecule has 7 N–H and O–H groups in total. The number of sulfonamides is 2. The van der Waals surface area contributed by atoms with Gasteiger partial charge in [0.2, 0.25) is 26.0 Å². The Kier molecular flexibility index (Phi) is 11.2. The first-order valence-corrected chi connectivity index (χ1v) is 15.3. The molecule has 0 fully saturated rings. The van der Waals surface area contributed by atoms with Crippen LogP contribution in [0, 0.1) is 5.41 Å². The van der Waals surface area contributed by atoms with E-state index in [0.717, 1.165) is 10.6 Å². The fraction of sp³-hybridized carbons (Fsp3) is 0.192. The largest absolute Gasteiger partial charge is 0.490 e. The molecule has 0 radical (unpaired) electrons. The van der Waals surface area contributed by atoms with E-state index in [4.69, 9.17) is 26.2 Å². The third kappa shape index (κ3) is 10.2. The van der Waals surface area contributed by atoms with Crippen molar-refractivity contribution >= 4 is 43.4 Å². The number of carboxylic acid groups (broad SMARTS) is 1. The van der Waals surface area contributed by atoms with E-state index in [1.165, 1.54) is 13.1 Å². The SMILES string of the molecule is CN([C@@H](Cc1cccc(C(=N)N)c1)C(=O)Nc1ccc(-c2ccccc2S(N)(=O)=O)cc1)S(C)(=O)=O.O=C(O)C(F)(F)F. The minimum atomic E-state index is -5.08. The lowest BCUT2D eigenvalue weighted by Crippen LogP contribution is -2.46. The van der Waals surface area contributed by atoms with Crippen LogP contribution in [0.4, 0.5) is 18.9 Å². The third-order valence-electron chi connectivity index (χ3n) is 5.83. The van der Waals surface area contributed by atoms with Crippen LogP contribution in [0.1, 0.15) is 11.1 Å². The number of alkyl halides is 3. The maximum atomic E-state index is 13.2. The highest BCUT2D eigenvalue weighted by Crippen LogP contribution is 2.28. The molecule has 3 aromatic rings. The zero-order valence-electron chi connectivity index (χ0n) is 22.7. The first-order valence-electron chi connectivity index (χ1n) is 11.9. The van der Waals surface area contributed by atoms with Gasteiger partial charge in [-0.15, -0.1) is 0 Å². The summed E-state index contributed by atoms with van der Waals surface area (Å²) in [5.41, 5.74) is 8.02. The Morgan fingerprint density at radius 1 is 1.00 bits per heavy atom. The van der Waals surface area contributed by atoms with Crippen molar-refractivity contribution in [2.75, 3.05) is 18.6 Å². The first-order chi connectivity index (χ1) is 19.7. The fourth-order valence-corrected chi connectivity index (χ4v) is 5.01. The number of nitrogen functional groups attached to an aromatic ring is 1. The van der Waals surface area contributed by atoms with Gasteiger partial charge in [-0.25, -0.2) is 26.8 Å². The van der Waals surface area contributed by atoms with Crippen molar-refractivity contribution < 1.29 is 44.7 Å². The Hall–Kier alpha value is -4.32. The van der Waals surface area contributed by atoms with Gasteiger partial charge in [-0.05, 0) is 41.8 Å². The average molecular weight is 644 g/mol. The van der Waals surface area contributed by atoms with Crippen LogP contribution >= 0.6 is 0 Å². The summed E-state index contributed by atoms with van der Waals surface area (Å²) in [7, 11) is -6.33. The van der Waals surface area contributed by atoms with E-state index in [1.54, 1.807) is 66.7 Å². The Morgan fingerprint density at radius 3 is 2.05 bits per heavy atom. The summed E-state index contributed by atoms with van der Waals surface area (Å²) >= 11 is 0. The van der Waals surface area contributed by atoms with Crippen molar-refractivity contribution in [2.24, 2.45) is 10.9 Å². The molecule has 0 spiro atoms. The van der Waals surface area contributed by atoms with Gasteiger partial charge in [0.05, 0.1) is 11.2 Å². The average Bonchev–Trinajstić information content (AvgIpc) is 2.90. The third-order valence-corrected chi connectivity index (χ3v) is 8.10. The van der Waals surface area contributed by atoms with Crippen molar-refractivity contribution in [1.29, 1.82) is 5.41 Å². The minimum absolute atomic E-state index is 0.0237. The minimum Gasteiger partial charge on any atom is -0.475 e. The topological polar surface area (TPSA) is 214 Å². The molecule has 3 aromatic carbocycles. The van der Waals surface area contributed by atoms with Crippen LogP contribution < -0.4 is 16.2 Å². The molecule has 43 heavy (non-hydrogen) atoms. The molecule has 0 saturated carbocycles. The summed E-state index contributed by atoms with van der Waals surface area (Å²) in [4.78, 5) is 22.1. The molecule has 0 saturated heterocycles. The number of amides is 1. The van der Waals surface area contributed by atoms with Crippen molar-refractivity contribution in [1.82, 2.24) is 4.31 Å². The van der Waals surface area contributed by atoms with E-state index in [9.17, 15) is 34.8 Å². The summed E-state index contributed by atoms with van der Waals surface area (Å²) in [6.07, 6.45) is -4.02. The second-order valence-corrected chi connectivity index (χ2v) is 12.6. The normalized spacial score (nSPS) is 12.5. The monoisotopic (exact) mass is 643 g/mol. The molecule has 0 aromatic heterocycles. The van der Waals surface area contributed by atoms with Crippen molar-refractivity contribution in [3.8, 4) is 11.1 Å². The predicted octanol–water partition coefficient (Wildman–Crippen LogP) is 2.36. The molecular weight excluding hydrogens is 615 g/mol. The Morgan fingerprint density at radius 2 is 1.56 bits per heavy atom. The molecule has 12 nitrogen and oxygen atoms in total. The van der Waals surface area contributed by atoms with Gasteiger partial charge < -0.3 is 16.2 Å². The van der Waals surface area contributed by atoms with Gasteiger partial charge in [-0.1, -0.05) is 48.5 Å². The van der Waals surface area contributed by atoms with E-state index >= 15 is 0 Å². The first kappa shape index (κ1) is 34.9. The van der Waals surface area contributed by atoms with E-state index in [2.05, 4.69) is 5.32 Å².